The van der Waals surface area contributed by atoms with Crippen molar-refractivity contribution in [1.29, 1.82) is 0 Å². The van der Waals surface area contributed by atoms with Gasteiger partial charge in [0.15, 0.2) is 0 Å². The molecule has 0 atom stereocenters. The van der Waals surface area contributed by atoms with Gasteiger partial charge in [-0.3, -0.25) is 0 Å². The Bertz CT molecular complexity index is 4210. The van der Waals surface area contributed by atoms with Gasteiger partial charge in [0.2, 0.25) is 0 Å². The molecule has 3 nitrogen and oxygen atoms in total. The number of rotatable bonds is 12. The lowest BCUT2D eigenvalue weighted by atomic mass is 9.81. The molecule has 0 saturated heterocycles. The molecule has 0 aliphatic heterocycles. The summed E-state index contributed by atoms with van der Waals surface area (Å²) >= 11 is 0. The lowest BCUT2D eigenvalue weighted by Crippen LogP contribution is -2.11. The van der Waals surface area contributed by atoms with Crippen LogP contribution in [0.3, 0.4) is 0 Å². The van der Waals surface area contributed by atoms with Crippen LogP contribution < -0.4 is 14.7 Å². The number of anilines is 9. The van der Waals surface area contributed by atoms with E-state index in [-0.39, 0.29) is 0 Å². The van der Waals surface area contributed by atoms with Crippen molar-refractivity contribution in [2.75, 3.05) is 14.7 Å². The van der Waals surface area contributed by atoms with Crippen LogP contribution in [0.2, 0.25) is 0 Å². The minimum absolute atomic E-state index is 1.08. The number of hydrogen-bond donors (Lipinski definition) is 0. The van der Waals surface area contributed by atoms with Crippen molar-refractivity contribution in [3.05, 3.63) is 307 Å². The molecule has 378 valence electrons. The zero-order chi connectivity index (χ0) is 53.4. The molecule has 0 spiro atoms. The van der Waals surface area contributed by atoms with Crippen molar-refractivity contribution in [3.8, 4) is 33.4 Å². The Kier molecular flexibility index (Phi) is 12.9. The first-order valence-corrected chi connectivity index (χ1v) is 27.3. The summed E-state index contributed by atoms with van der Waals surface area (Å²) in [6.07, 6.45) is 0. The standard InChI is InChI=1S/C76H59N3/c1-52-21-17-33-62(45-52)78(63-34-18-22-53(2)46-63)66-41-43-68-72(49-66)73-50-67(79(64-35-19-23-54(3)47-64)65-36-20-24-55(4)48-65)42-44-69(73)76-74(58-27-11-6-12-28-58)70(56-25-9-5-10-26-56)51-71(75(68)76)57-37-39-61(40-38-57)77(59-29-13-7-14-30-59)60-31-15-8-16-32-60/h5-51H,1-4H3. The Hall–Kier alpha value is -9.96. The third-order valence-corrected chi connectivity index (χ3v) is 15.3. The van der Waals surface area contributed by atoms with Gasteiger partial charge in [0.25, 0.3) is 0 Å². The monoisotopic (exact) mass is 1010 g/mol. The highest BCUT2D eigenvalue weighted by Gasteiger charge is 2.25. The topological polar surface area (TPSA) is 9.72 Å². The van der Waals surface area contributed by atoms with Gasteiger partial charge in [-0.1, -0.05) is 170 Å². The predicted molar refractivity (Wildman–Crippen MR) is 338 cm³/mol. The molecule has 13 rings (SSSR count). The normalized spacial score (nSPS) is 11.3. The summed E-state index contributed by atoms with van der Waals surface area (Å²) in [5.41, 5.74) is 21.8. The van der Waals surface area contributed by atoms with Crippen molar-refractivity contribution in [2.24, 2.45) is 0 Å². The predicted octanol–water partition coefficient (Wildman–Crippen LogP) is 21.8. The van der Waals surface area contributed by atoms with Crippen LogP contribution in [-0.2, 0) is 0 Å². The molecule has 0 bridgehead atoms. The van der Waals surface area contributed by atoms with Gasteiger partial charge in [-0.05, 0) is 231 Å². The Labute approximate surface area is 464 Å². The van der Waals surface area contributed by atoms with Gasteiger partial charge in [0, 0.05) is 51.2 Å². The number of benzene rings is 13. The molecule has 79 heavy (non-hydrogen) atoms. The molecule has 13 aromatic rings. The third kappa shape index (κ3) is 9.36. The summed E-state index contributed by atoms with van der Waals surface area (Å²) < 4.78 is 0. The van der Waals surface area contributed by atoms with Gasteiger partial charge >= 0.3 is 0 Å². The van der Waals surface area contributed by atoms with Crippen LogP contribution in [0, 0.1) is 27.7 Å². The Balaban J connectivity index is 1.16. The second-order valence-corrected chi connectivity index (χ2v) is 20.9. The van der Waals surface area contributed by atoms with Crippen LogP contribution in [0.5, 0.6) is 0 Å². The van der Waals surface area contributed by atoms with E-state index >= 15 is 0 Å². The van der Waals surface area contributed by atoms with Gasteiger partial charge in [0.1, 0.15) is 0 Å². The lowest BCUT2D eigenvalue weighted by Gasteiger charge is -2.29. The minimum Gasteiger partial charge on any atom is -0.311 e. The largest absolute Gasteiger partial charge is 0.311 e. The number of nitrogens with zero attached hydrogens (tertiary/aromatic N) is 3. The van der Waals surface area contributed by atoms with E-state index in [1.165, 1.54) is 76.8 Å². The zero-order valence-corrected chi connectivity index (χ0v) is 45.0. The first-order chi connectivity index (χ1) is 38.8. The molecule has 0 aliphatic rings. The maximum atomic E-state index is 2.47. The number of fused-ring (bicyclic) bond motifs is 6. The van der Waals surface area contributed by atoms with Gasteiger partial charge in [0.05, 0.1) is 0 Å². The van der Waals surface area contributed by atoms with Crippen LogP contribution in [0.15, 0.2) is 285 Å². The summed E-state index contributed by atoms with van der Waals surface area (Å²) in [6.45, 7) is 8.71. The summed E-state index contributed by atoms with van der Waals surface area (Å²) in [6, 6.07) is 105. The van der Waals surface area contributed by atoms with Gasteiger partial charge in [-0.25, -0.2) is 0 Å². The molecule has 0 radical (unpaired) electrons. The summed E-state index contributed by atoms with van der Waals surface area (Å²) in [5, 5.41) is 7.14. The van der Waals surface area contributed by atoms with E-state index in [0.717, 1.165) is 62.3 Å². The minimum atomic E-state index is 1.08. The number of para-hydroxylation sites is 2. The smallest absolute Gasteiger partial charge is 0.0468 e. The first kappa shape index (κ1) is 48.7. The Morgan fingerprint density at radius 1 is 0.203 bits per heavy atom. The van der Waals surface area contributed by atoms with E-state index < -0.39 is 0 Å². The fourth-order valence-electron chi connectivity index (χ4n) is 11.8. The second-order valence-electron chi connectivity index (χ2n) is 20.9. The molecular formula is C76H59N3. The van der Waals surface area contributed by atoms with E-state index in [1.807, 2.05) is 0 Å². The molecule has 0 fully saturated rings. The number of hydrogen-bond acceptors (Lipinski definition) is 3. The van der Waals surface area contributed by atoms with Crippen LogP contribution in [0.1, 0.15) is 22.3 Å². The van der Waals surface area contributed by atoms with Crippen molar-refractivity contribution in [2.45, 2.75) is 27.7 Å². The van der Waals surface area contributed by atoms with E-state index in [2.05, 4.69) is 328 Å². The maximum Gasteiger partial charge on any atom is 0.0468 e. The van der Waals surface area contributed by atoms with Gasteiger partial charge < -0.3 is 14.7 Å². The Morgan fingerprint density at radius 2 is 0.519 bits per heavy atom. The molecule has 3 heteroatoms. The van der Waals surface area contributed by atoms with E-state index in [4.69, 9.17) is 0 Å². The molecular weight excluding hydrogens is 955 g/mol. The quantitative estimate of drug-likeness (QED) is 0.113. The first-order valence-electron chi connectivity index (χ1n) is 27.3. The second kappa shape index (κ2) is 20.9. The van der Waals surface area contributed by atoms with Crippen LogP contribution in [-0.4, -0.2) is 0 Å². The third-order valence-electron chi connectivity index (χ3n) is 15.3. The lowest BCUT2D eigenvalue weighted by molar-refractivity contribution is 1.26. The Morgan fingerprint density at radius 3 is 0.937 bits per heavy atom. The van der Waals surface area contributed by atoms with E-state index in [1.54, 1.807) is 0 Å². The van der Waals surface area contributed by atoms with Crippen molar-refractivity contribution < 1.29 is 0 Å². The summed E-state index contributed by atoms with van der Waals surface area (Å²) in [5.74, 6) is 0. The van der Waals surface area contributed by atoms with E-state index in [0.29, 0.717) is 0 Å². The van der Waals surface area contributed by atoms with Crippen molar-refractivity contribution in [1.82, 2.24) is 0 Å². The van der Waals surface area contributed by atoms with E-state index in [9.17, 15) is 0 Å². The average Bonchev–Trinajstić information content (AvgIpc) is 3.67. The SMILES string of the molecule is Cc1cccc(N(c2cccc(C)c2)c2ccc3c(c2)c2cc(N(c4cccc(C)c4)c4cccc(C)c4)ccc2c2c(-c4ccccc4)c(-c4ccccc4)cc(-c4ccc(N(c5ccccc5)c5ccccc5)cc4)c32)c1. The number of aryl methyl sites for hydroxylation is 4. The van der Waals surface area contributed by atoms with Gasteiger partial charge in [-0.2, -0.15) is 0 Å². The molecule has 0 N–H and O–H groups in total. The molecule has 13 aromatic carbocycles. The molecule has 0 unspecified atom stereocenters. The highest BCUT2D eigenvalue weighted by atomic mass is 15.2. The van der Waals surface area contributed by atoms with Gasteiger partial charge in [-0.15, -0.1) is 0 Å². The average molecular weight is 1010 g/mol. The molecule has 0 saturated carbocycles. The molecule has 0 aliphatic carbocycles. The van der Waals surface area contributed by atoms with Crippen LogP contribution in [0.25, 0.3) is 65.7 Å². The zero-order valence-electron chi connectivity index (χ0n) is 45.0. The molecule has 0 amide bonds. The highest BCUT2D eigenvalue weighted by molar-refractivity contribution is 6.33. The van der Waals surface area contributed by atoms with Crippen molar-refractivity contribution >= 4 is 83.5 Å². The summed E-state index contributed by atoms with van der Waals surface area (Å²) in [7, 11) is 0. The molecule has 0 aromatic heterocycles. The fraction of sp³-hybridized carbons (Fsp3) is 0.0526. The fourth-order valence-corrected chi connectivity index (χ4v) is 11.8. The van der Waals surface area contributed by atoms with Crippen molar-refractivity contribution in [3.63, 3.8) is 0 Å². The van der Waals surface area contributed by atoms with Crippen LogP contribution >= 0.6 is 0 Å². The maximum absolute atomic E-state index is 2.47. The van der Waals surface area contributed by atoms with Crippen LogP contribution in [0.4, 0.5) is 51.2 Å². The summed E-state index contributed by atoms with van der Waals surface area (Å²) in [4.78, 5) is 7.18. The molecule has 0 heterocycles. The highest BCUT2D eigenvalue weighted by Crippen LogP contribution is 2.52.